The first-order valence-electron chi connectivity index (χ1n) is 3.75. The quantitative estimate of drug-likeness (QED) is 0.463. The van der Waals surface area contributed by atoms with Crippen LogP contribution in [0.1, 0.15) is 6.42 Å². The Balaban J connectivity index is 3.37. The van der Waals surface area contributed by atoms with E-state index < -0.39 is 8.07 Å². The van der Waals surface area contributed by atoms with Crippen LogP contribution in [0.25, 0.3) is 0 Å². The van der Waals surface area contributed by atoms with E-state index in [4.69, 9.17) is 1.43 Å². The molecule has 0 amide bonds. The molecule has 0 rings (SSSR count). The predicted octanol–water partition coefficient (Wildman–Crippen LogP) is 1.80. The maximum absolute atomic E-state index is 6.46. The Hall–Kier alpha value is -0.0831. The first kappa shape index (κ1) is 7.03. The average Bonchev–Trinajstić information content (AvgIpc) is 1.89. The van der Waals surface area contributed by atoms with Crippen LogP contribution < -0.4 is 0 Å². The Morgan fingerprint density at radius 3 is 2.89 bits per heavy atom. The normalized spacial score (nSPS) is 12.9. The molecule has 0 aliphatic heterocycles. The fourth-order valence-corrected chi connectivity index (χ4v) is 1.89. The van der Waals surface area contributed by atoms with Gasteiger partial charge in [0.25, 0.3) is 0 Å². The van der Waals surface area contributed by atoms with Crippen molar-refractivity contribution in [3.05, 3.63) is 12.3 Å². The molecule has 0 radical (unpaired) electrons. The zero-order valence-corrected chi connectivity index (χ0v) is 7.31. The first-order valence-corrected chi connectivity index (χ1v) is 6.62. The van der Waals surface area contributed by atoms with Gasteiger partial charge in [0.1, 0.15) is 0 Å². The molecule has 0 bridgehead atoms. The van der Waals surface area contributed by atoms with Gasteiger partial charge in [-0.2, -0.15) is 0 Å². The van der Waals surface area contributed by atoms with Gasteiger partial charge < -0.3 is 5.11 Å². The van der Waals surface area contributed by atoms with Crippen LogP contribution in [0.2, 0.25) is 19.1 Å². The molecule has 0 fully saturated rings. The zero-order chi connectivity index (χ0) is 8.04. The number of aliphatic hydroxyl groups excluding tert-OH is 1. The van der Waals surface area contributed by atoms with Crippen molar-refractivity contribution in [2.75, 3.05) is 6.61 Å². The molecule has 2 heteroatoms. The average molecular weight is 146 g/mol. The number of aliphatic hydroxyl groups is 1. The molecule has 1 nitrogen and oxygen atoms in total. The minimum absolute atomic E-state index is 0.560. The van der Waals surface area contributed by atoms with Gasteiger partial charge in [-0.3, -0.25) is 0 Å². The summed E-state index contributed by atoms with van der Waals surface area (Å²) in [5.74, 6) is 0. The number of hydrogen-bond donors (Lipinski definition) is 1. The summed E-state index contributed by atoms with van der Waals surface area (Å²) >= 11 is 0. The van der Waals surface area contributed by atoms with E-state index in [1.807, 2.05) is 0 Å². The topological polar surface area (TPSA) is 20.2 Å². The molecule has 0 spiro atoms. The largest absolute Gasteiger partial charge is 0.396 e. The van der Waals surface area contributed by atoms with Crippen molar-refractivity contribution < 1.29 is 5.11 Å². The molecule has 54 valence electrons. The van der Waals surface area contributed by atoms with Crippen LogP contribution in [0.3, 0.4) is 0 Å². The van der Waals surface area contributed by atoms with E-state index in [9.17, 15) is 0 Å². The monoisotopic (exact) mass is 146 g/mol. The van der Waals surface area contributed by atoms with E-state index in [1.54, 1.807) is 0 Å². The Labute approximate surface area is 59.9 Å². The second-order valence-corrected chi connectivity index (χ2v) is 7.89. The van der Waals surface area contributed by atoms with E-state index >= 15 is 0 Å². The van der Waals surface area contributed by atoms with E-state index in [2.05, 4.69) is 30.5 Å². The Morgan fingerprint density at radius 1 is 1.78 bits per heavy atom. The van der Waals surface area contributed by atoms with Gasteiger partial charge in [0.05, 0.1) is 8.07 Å². The van der Waals surface area contributed by atoms with Gasteiger partial charge in [-0.05, 0) is 6.42 Å². The third-order valence-corrected chi connectivity index (χ3v) is 4.27. The summed E-state index contributed by atoms with van der Waals surface area (Å²) in [6, 6.07) is 1.18. The molecule has 0 aliphatic rings. The van der Waals surface area contributed by atoms with Crippen molar-refractivity contribution in [3.63, 3.8) is 0 Å². The van der Waals surface area contributed by atoms with Gasteiger partial charge in [-0.1, -0.05) is 19.1 Å². The predicted molar refractivity (Wildman–Crippen MR) is 44.2 cm³/mol. The van der Waals surface area contributed by atoms with Crippen molar-refractivity contribution in [3.8, 4) is 0 Å². The minimum atomic E-state index is -1.11. The van der Waals surface area contributed by atoms with Gasteiger partial charge in [-0.15, -0.1) is 12.3 Å². The van der Waals surface area contributed by atoms with E-state index in [0.717, 1.165) is 6.42 Å². The van der Waals surface area contributed by atoms with Gasteiger partial charge in [0.15, 0.2) is 0 Å². The van der Waals surface area contributed by atoms with Crippen molar-refractivity contribution in [2.45, 2.75) is 25.6 Å². The first-order chi connectivity index (χ1) is 4.62. The third kappa shape index (κ3) is 4.42. The lowest BCUT2D eigenvalue weighted by Crippen LogP contribution is -2.21. The molecule has 0 aromatic carbocycles. The molecule has 0 aromatic rings. The fourth-order valence-electron chi connectivity index (χ4n) is 0.630. The van der Waals surface area contributed by atoms with Crippen molar-refractivity contribution >= 4 is 8.07 Å². The Kier molecular flexibility index (Phi) is 3.01. The molecule has 9 heavy (non-hydrogen) atoms. The second-order valence-electron chi connectivity index (χ2n) is 3.00. The summed E-state index contributed by atoms with van der Waals surface area (Å²) in [4.78, 5) is 0. The lowest BCUT2D eigenvalue weighted by molar-refractivity contribution is 0.294. The molecule has 1 N–H and O–H groups in total. The molecule has 0 saturated heterocycles. The van der Waals surface area contributed by atoms with E-state index in [-0.39, 0.29) is 0 Å². The van der Waals surface area contributed by atoms with Crippen LogP contribution in [0.5, 0.6) is 0 Å². The summed E-state index contributed by atoms with van der Waals surface area (Å²) in [6.07, 6.45) is 0.995. The van der Waals surface area contributed by atoms with Crippen LogP contribution >= 0.6 is 0 Å². The SMILES string of the molecule is [3H]OCCC[Si](C)(C)C=C. The smallest absolute Gasteiger partial charge is 0.210 e. The standard InChI is InChI=1S/C7H16OSi/c1-4-9(2,3)7-5-6-8/h4,8H,1,5-7H2,2-3H3/i8T. The van der Waals surface area contributed by atoms with Crippen LogP contribution in [0.4, 0.5) is 0 Å². The Morgan fingerprint density at radius 2 is 2.44 bits per heavy atom. The Bertz CT molecular complexity index is 104. The molecular weight excluding hydrogens is 128 g/mol. The second kappa shape index (κ2) is 3.85. The highest BCUT2D eigenvalue weighted by Crippen LogP contribution is 2.11. The van der Waals surface area contributed by atoms with Gasteiger partial charge >= 0.3 is 0 Å². The number of rotatable bonds is 5. The zero-order valence-electron chi connectivity index (χ0n) is 7.31. The summed E-state index contributed by atoms with van der Waals surface area (Å²) in [5, 5.41) is 4.22. The minimum Gasteiger partial charge on any atom is -0.396 e. The summed E-state index contributed by atoms with van der Waals surface area (Å²) < 4.78 is 6.46. The fraction of sp³-hybridized carbons (Fsp3) is 0.714. The van der Waals surface area contributed by atoms with Crippen molar-refractivity contribution in [1.82, 2.24) is 0 Å². The lowest BCUT2D eigenvalue weighted by atomic mass is 10.5. The van der Waals surface area contributed by atoms with Crippen LogP contribution in [-0.4, -0.2) is 21.2 Å². The van der Waals surface area contributed by atoms with E-state index in [0.29, 0.717) is 6.61 Å². The molecule has 0 aliphatic carbocycles. The summed E-state index contributed by atoms with van der Waals surface area (Å²) in [5.41, 5.74) is 2.08. The highest BCUT2D eigenvalue weighted by atomic mass is 28.3. The molecule has 0 atom stereocenters. The molecular formula is C7H16OSi. The lowest BCUT2D eigenvalue weighted by Gasteiger charge is -2.15. The molecule has 0 unspecified atom stereocenters. The molecule has 0 heterocycles. The van der Waals surface area contributed by atoms with Crippen LogP contribution in [0, 0.1) is 0 Å². The molecule has 0 aromatic heterocycles. The van der Waals surface area contributed by atoms with Gasteiger partial charge in [0, 0.05) is 6.61 Å². The summed E-state index contributed by atoms with van der Waals surface area (Å²) in [6.45, 7) is 8.88. The van der Waals surface area contributed by atoms with Gasteiger partial charge in [0.2, 0.25) is 1.43 Å². The maximum atomic E-state index is 6.46. The highest BCUT2D eigenvalue weighted by Gasteiger charge is 2.13. The maximum Gasteiger partial charge on any atom is 0.210 e. The van der Waals surface area contributed by atoms with Crippen LogP contribution in [0.15, 0.2) is 12.3 Å². The van der Waals surface area contributed by atoms with E-state index in [1.165, 1.54) is 6.04 Å². The van der Waals surface area contributed by atoms with Crippen LogP contribution in [-0.2, 0) is 0 Å². The number of hydrogen-bond acceptors (Lipinski definition) is 1. The summed E-state index contributed by atoms with van der Waals surface area (Å²) in [7, 11) is -1.11. The highest BCUT2D eigenvalue weighted by molar-refractivity contribution is 6.82. The third-order valence-electron chi connectivity index (χ3n) is 1.52. The van der Waals surface area contributed by atoms with Crippen molar-refractivity contribution in [2.24, 2.45) is 0 Å². The molecule has 0 saturated carbocycles. The van der Waals surface area contributed by atoms with Crippen molar-refractivity contribution in [1.29, 1.82) is 1.43 Å². The van der Waals surface area contributed by atoms with Gasteiger partial charge in [-0.25, -0.2) is 0 Å².